The average Bonchev–Trinajstić information content (AvgIpc) is 3.38. The summed E-state index contributed by atoms with van der Waals surface area (Å²) in [5.74, 6) is -2.06. The molecule has 0 spiro atoms. The Morgan fingerprint density at radius 1 is 1.29 bits per heavy atom. The molecule has 4 rings (SSSR count). The van der Waals surface area contributed by atoms with Gasteiger partial charge in [0.15, 0.2) is 0 Å². The molecule has 0 amide bonds. The molecule has 3 heterocycles. The van der Waals surface area contributed by atoms with E-state index in [-0.39, 0.29) is 24.8 Å². The SMILES string of the molecule is C=C(NC(c1cn2nc(C)c(CC)nc2n1)C1CCC(F)(F)CC1)c1ccnn1CC. The Kier molecular flexibility index (Phi) is 5.77. The highest BCUT2D eigenvalue weighted by Crippen LogP contribution is 2.41. The van der Waals surface area contributed by atoms with Crippen LogP contribution in [0, 0.1) is 12.8 Å². The summed E-state index contributed by atoms with van der Waals surface area (Å²) in [6.45, 7) is 10.9. The zero-order valence-electron chi connectivity index (χ0n) is 18.3. The lowest BCUT2D eigenvalue weighted by Gasteiger charge is -2.34. The number of hydrogen-bond acceptors (Lipinski definition) is 5. The fourth-order valence-electron chi connectivity index (χ4n) is 4.37. The van der Waals surface area contributed by atoms with Gasteiger partial charge in [-0.25, -0.2) is 23.3 Å². The Balaban J connectivity index is 1.68. The summed E-state index contributed by atoms with van der Waals surface area (Å²) >= 11 is 0. The summed E-state index contributed by atoms with van der Waals surface area (Å²) < 4.78 is 31.2. The summed E-state index contributed by atoms with van der Waals surface area (Å²) in [5.41, 5.74) is 4.08. The molecule has 3 aromatic heterocycles. The van der Waals surface area contributed by atoms with Crippen molar-refractivity contribution in [1.29, 1.82) is 0 Å². The lowest BCUT2D eigenvalue weighted by Crippen LogP contribution is -2.34. The van der Waals surface area contributed by atoms with Crippen LogP contribution < -0.4 is 5.32 Å². The second kappa shape index (κ2) is 8.36. The van der Waals surface area contributed by atoms with Crippen LogP contribution in [0.25, 0.3) is 11.5 Å². The Bertz CT molecular complexity index is 1070. The Labute approximate surface area is 180 Å². The third-order valence-electron chi connectivity index (χ3n) is 6.14. The number of hydrogen-bond donors (Lipinski definition) is 1. The Morgan fingerprint density at radius 2 is 2.03 bits per heavy atom. The van der Waals surface area contributed by atoms with E-state index in [0.717, 1.165) is 29.2 Å². The van der Waals surface area contributed by atoms with Gasteiger partial charge < -0.3 is 5.32 Å². The van der Waals surface area contributed by atoms with Crippen LogP contribution in [0.3, 0.4) is 0 Å². The van der Waals surface area contributed by atoms with E-state index in [1.807, 2.05) is 37.7 Å². The van der Waals surface area contributed by atoms with Crippen molar-refractivity contribution in [2.24, 2.45) is 5.92 Å². The third-order valence-corrected chi connectivity index (χ3v) is 6.14. The van der Waals surface area contributed by atoms with Crippen molar-refractivity contribution in [3.8, 4) is 0 Å². The number of halogens is 2. The topological polar surface area (TPSA) is 72.9 Å². The van der Waals surface area contributed by atoms with E-state index < -0.39 is 5.92 Å². The van der Waals surface area contributed by atoms with Gasteiger partial charge in [0, 0.05) is 25.6 Å². The first-order valence-corrected chi connectivity index (χ1v) is 10.9. The second-order valence-corrected chi connectivity index (χ2v) is 8.23. The zero-order valence-corrected chi connectivity index (χ0v) is 18.3. The molecule has 1 atom stereocenters. The van der Waals surface area contributed by atoms with Gasteiger partial charge in [-0.05, 0) is 45.1 Å². The number of alkyl halides is 2. The van der Waals surface area contributed by atoms with Crippen molar-refractivity contribution in [2.45, 2.75) is 71.4 Å². The molecule has 1 aliphatic carbocycles. The molecule has 1 fully saturated rings. The molecule has 0 aliphatic heterocycles. The van der Waals surface area contributed by atoms with Gasteiger partial charge in [0.25, 0.3) is 5.78 Å². The van der Waals surface area contributed by atoms with E-state index in [1.54, 1.807) is 10.7 Å². The maximum atomic E-state index is 13.8. The fraction of sp³-hybridized carbons (Fsp3) is 0.545. The van der Waals surface area contributed by atoms with E-state index in [1.165, 1.54) is 0 Å². The van der Waals surface area contributed by atoms with E-state index in [9.17, 15) is 8.78 Å². The summed E-state index contributed by atoms with van der Waals surface area (Å²) in [4.78, 5) is 9.35. The van der Waals surface area contributed by atoms with Crippen LogP contribution in [-0.2, 0) is 13.0 Å². The first-order valence-electron chi connectivity index (χ1n) is 10.9. The molecular formula is C22H29F2N7. The van der Waals surface area contributed by atoms with Crippen LogP contribution in [0.5, 0.6) is 0 Å². The van der Waals surface area contributed by atoms with Crippen LogP contribution in [0.2, 0.25) is 0 Å². The molecule has 1 aliphatic rings. The predicted molar refractivity (Wildman–Crippen MR) is 115 cm³/mol. The third kappa shape index (κ3) is 4.31. The molecule has 1 N–H and O–H groups in total. The molecule has 166 valence electrons. The highest BCUT2D eigenvalue weighted by atomic mass is 19.3. The average molecular weight is 430 g/mol. The first-order chi connectivity index (χ1) is 14.8. The molecule has 0 saturated heterocycles. The lowest BCUT2D eigenvalue weighted by molar-refractivity contribution is -0.0493. The molecule has 3 aromatic rings. The number of rotatable bonds is 7. The minimum Gasteiger partial charge on any atom is -0.375 e. The number of nitrogens with one attached hydrogen (secondary N) is 1. The molecule has 0 bridgehead atoms. The molecular weight excluding hydrogens is 400 g/mol. The fourth-order valence-corrected chi connectivity index (χ4v) is 4.37. The lowest BCUT2D eigenvalue weighted by atomic mass is 9.81. The molecule has 7 nitrogen and oxygen atoms in total. The molecule has 31 heavy (non-hydrogen) atoms. The van der Waals surface area contributed by atoms with Gasteiger partial charge >= 0.3 is 0 Å². The van der Waals surface area contributed by atoms with Crippen molar-refractivity contribution < 1.29 is 8.78 Å². The van der Waals surface area contributed by atoms with Gasteiger partial charge in [0.2, 0.25) is 5.92 Å². The summed E-state index contributed by atoms with van der Waals surface area (Å²) in [7, 11) is 0. The van der Waals surface area contributed by atoms with E-state index in [2.05, 4.69) is 27.1 Å². The molecule has 0 radical (unpaired) electrons. The van der Waals surface area contributed by atoms with Crippen LogP contribution in [0.15, 0.2) is 25.0 Å². The summed E-state index contributed by atoms with van der Waals surface area (Å²) in [6.07, 6.45) is 4.96. The quantitative estimate of drug-likeness (QED) is 0.605. The van der Waals surface area contributed by atoms with E-state index in [0.29, 0.717) is 30.9 Å². The monoisotopic (exact) mass is 429 g/mol. The van der Waals surface area contributed by atoms with E-state index in [4.69, 9.17) is 4.98 Å². The maximum absolute atomic E-state index is 13.8. The van der Waals surface area contributed by atoms with Crippen molar-refractivity contribution in [3.63, 3.8) is 0 Å². The smallest absolute Gasteiger partial charge is 0.251 e. The van der Waals surface area contributed by atoms with Gasteiger partial charge in [-0.3, -0.25) is 4.68 Å². The number of aromatic nitrogens is 6. The van der Waals surface area contributed by atoms with Crippen molar-refractivity contribution in [2.75, 3.05) is 0 Å². The summed E-state index contributed by atoms with van der Waals surface area (Å²) in [6, 6.07) is 1.63. The normalized spacial score (nSPS) is 17.7. The van der Waals surface area contributed by atoms with Crippen LogP contribution in [-0.4, -0.2) is 35.3 Å². The number of fused-ring (bicyclic) bond motifs is 1. The maximum Gasteiger partial charge on any atom is 0.251 e. The largest absolute Gasteiger partial charge is 0.375 e. The van der Waals surface area contributed by atoms with Gasteiger partial charge in [-0.2, -0.15) is 10.2 Å². The second-order valence-electron chi connectivity index (χ2n) is 8.23. The molecule has 1 unspecified atom stereocenters. The summed E-state index contributed by atoms with van der Waals surface area (Å²) in [5, 5.41) is 12.4. The Morgan fingerprint density at radius 3 is 2.71 bits per heavy atom. The molecule has 1 saturated carbocycles. The van der Waals surface area contributed by atoms with Gasteiger partial charge in [-0.1, -0.05) is 13.5 Å². The van der Waals surface area contributed by atoms with Gasteiger partial charge in [0.05, 0.1) is 40.7 Å². The minimum absolute atomic E-state index is 0.00558. The van der Waals surface area contributed by atoms with Crippen molar-refractivity contribution in [3.05, 3.63) is 47.8 Å². The minimum atomic E-state index is -2.59. The Hall–Kier alpha value is -2.84. The van der Waals surface area contributed by atoms with E-state index >= 15 is 0 Å². The highest BCUT2D eigenvalue weighted by Gasteiger charge is 2.39. The molecule has 0 aromatic carbocycles. The van der Waals surface area contributed by atoms with Crippen LogP contribution >= 0.6 is 0 Å². The highest BCUT2D eigenvalue weighted by molar-refractivity contribution is 5.59. The van der Waals surface area contributed by atoms with Gasteiger partial charge in [0.1, 0.15) is 0 Å². The first kappa shape index (κ1) is 21.4. The van der Waals surface area contributed by atoms with Crippen molar-refractivity contribution in [1.82, 2.24) is 34.7 Å². The van der Waals surface area contributed by atoms with Gasteiger partial charge in [-0.15, -0.1) is 0 Å². The zero-order chi connectivity index (χ0) is 22.2. The predicted octanol–water partition coefficient (Wildman–Crippen LogP) is 4.34. The number of imidazole rings is 1. The number of aryl methyl sites for hydroxylation is 3. The standard InChI is InChI=1S/C22H29F2N7/c1-5-17-14(3)29-31-13-18(28-21(31)27-17)20(16-7-10-22(23,24)11-8-16)26-15(4)19-9-12-25-30(19)6-2/h9,12-13,16,20,26H,4-8,10-11H2,1-3H3. The molecule has 9 heteroatoms. The van der Waals surface area contributed by atoms with Crippen molar-refractivity contribution >= 4 is 11.5 Å². The van der Waals surface area contributed by atoms with Crippen LogP contribution in [0.4, 0.5) is 8.78 Å². The van der Waals surface area contributed by atoms with Crippen LogP contribution in [0.1, 0.15) is 68.3 Å². The number of nitrogens with zero attached hydrogens (tertiary/aromatic N) is 6.